The number of halogens is 1. The first-order valence-corrected chi connectivity index (χ1v) is 10.6. The Morgan fingerprint density at radius 1 is 1.21 bits per heavy atom. The van der Waals surface area contributed by atoms with Crippen LogP contribution >= 0.6 is 15.9 Å². The SMILES string of the molecule is Cc1nn(CC(=O)N2CCCN(Cc3ncc(C(C)(C)C)o3)CC2)c(C)c1Br. The van der Waals surface area contributed by atoms with Crippen LogP contribution in [0, 0.1) is 13.8 Å². The third-order valence-electron chi connectivity index (χ3n) is 5.17. The van der Waals surface area contributed by atoms with Gasteiger partial charge in [0.2, 0.25) is 11.8 Å². The number of hydrogen-bond acceptors (Lipinski definition) is 5. The molecule has 0 bridgehead atoms. The molecule has 7 nitrogen and oxygen atoms in total. The molecule has 3 rings (SSSR count). The molecule has 3 heterocycles. The van der Waals surface area contributed by atoms with E-state index in [0.29, 0.717) is 13.1 Å². The van der Waals surface area contributed by atoms with Gasteiger partial charge >= 0.3 is 0 Å². The molecule has 8 heteroatoms. The summed E-state index contributed by atoms with van der Waals surface area (Å²) in [7, 11) is 0. The molecule has 1 aliphatic rings. The highest BCUT2D eigenvalue weighted by atomic mass is 79.9. The van der Waals surface area contributed by atoms with Crippen molar-refractivity contribution >= 4 is 21.8 Å². The van der Waals surface area contributed by atoms with E-state index in [1.807, 2.05) is 24.9 Å². The smallest absolute Gasteiger partial charge is 0.244 e. The second kappa shape index (κ2) is 8.37. The minimum absolute atomic E-state index is 0.0365. The maximum Gasteiger partial charge on any atom is 0.244 e. The van der Waals surface area contributed by atoms with Gasteiger partial charge in [-0.3, -0.25) is 14.4 Å². The molecule has 1 aliphatic heterocycles. The predicted molar refractivity (Wildman–Crippen MR) is 111 cm³/mol. The average Bonchev–Trinajstić information content (AvgIpc) is 3.08. The van der Waals surface area contributed by atoms with Crippen molar-refractivity contribution in [2.24, 2.45) is 0 Å². The lowest BCUT2D eigenvalue weighted by molar-refractivity contribution is -0.131. The highest BCUT2D eigenvalue weighted by Gasteiger charge is 2.23. The summed E-state index contributed by atoms with van der Waals surface area (Å²) >= 11 is 3.52. The number of hydrogen-bond donors (Lipinski definition) is 0. The molecule has 1 fully saturated rings. The largest absolute Gasteiger partial charge is 0.444 e. The summed E-state index contributed by atoms with van der Waals surface area (Å²) in [5.41, 5.74) is 1.86. The molecule has 0 unspecified atom stereocenters. The van der Waals surface area contributed by atoms with Gasteiger partial charge in [0, 0.05) is 31.6 Å². The van der Waals surface area contributed by atoms with Crippen LogP contribution < -0.4 is 0 Å². The molecule has 28 heavy (non-hydrogen) atoms. The molecular weight excluding hydrogens is 422 g/mol. The van der Waals surface area contributed by atoms with E-state index in [-0.39, 0.29) is 17.9 Å². The van der Waals surface area contributed by atoms with Crippen molar-refractivity contribution in [3.63, 3.8) is 0 Å². The van der Waals surface area contributed by atoms with E-state index >= 15 is 0 Å². The molecule has 2 aromatic heterocycles. The van der Waals surface area contributed by atoms with Crippen LogP contribution in [0.15, 0.2) is 15.1 Å². The number of aromatic nitrogens is 3. The minimum Gasteiger partial charge on any atom is -0.444 e. The van der Waals surface area contributed by atoms with Crippen LogP contribution in [0.25, 0.3) is 0 Å². The monoisotopic (exact) mass is 451 g/mol. The van der Waals surface area contributed by atoms with Gasteiger partial charge in [-0.2, -0.15) is 5.10 Å². The van der Waals surface area contributed by atoms with Crippen LogP contribution in [0.3, 0.4) is 0 Å². The van der Waals surface area contributed by atoms with Crippen molar-refractivity contribution in [3.8, 4) is 0 Å². The molecule has 0 N–H and O–H groups in total. The number of carbonyl (C=O) groups is 1. The quantitative estimate of drug-likeness (QED) is 0.713. The summed E-state index contributed by atoms with van der Waals surface area (Å²) < 4.78 is 8.68. The first-order chi connectivity index (χ1) is 13.1. The maximum atomic E-state index is 12.8. The van der Waals surface area contributed by atoms with E-state index in [2.05, 4.69) is 51.7 Å². The molecule has 0 saturated carbocycles. The molecule has 154 valence electrons. The van der Waals surface area contributed by atoms with Crippen LogP contribution in [-0.4, -0.2) is 56.7 Å². The topological polar surface area (TPSA) is 67.4 Å². The molecule has 0 aromatic carbocycles. The minimum atomic E-state index is -0.0365. The summed E-state index contributed by atoms with van der Waals surface area (Å²) in [6.45, 7) is 14.5. The second-order valence-corrected chi connectivity index (χ2v) is 9.31. The highest BCUT2D eigenvalue weighted by Crippen LogP contribution is 2.23. The zero-order valence-corrected chi connectivity index (χ0v) is 19.0. The van der Waals surface area contributed by atoms with Gasteiger partial charge in [-0.25, -0.2) is 4.98 Å². The van der Waals surface area contributed by atoms with E-state index in [9.17, 15) is 4.79 Å². The third-order valence-corrected chi connectivity index (χ3v) is 6.32. The fraction of sp³-hybridized carbons (Fsp3) is 0.650. The fourth-order valence-electron chi connectivity index (χ4n) is 3.36. The van der Waals surface area contributed by atoms with E-state index < -0.39 is 0 Å². The Kier molecular flexibility index (Phi) is 6.29. The zero-order chi connectivity index (χ0) is 20.5. The summed E-state index contributed by atoms with van der Waals surface area (Å²) in [5.74, 6) is 1.77. The van der Waals surface area contributed by atoms with Crippen molar-refractivity contribution in [2.45, 2.75) is 59.5 Å². The number of nitrogens with zero attached hydrogens (tertiary/aromatic N) is 5. The van der Waals surface area contributed by atoms with Crippen LogP contribution in [0.2, 0.25) is 0 Å². The summed E-state index contributed by atoms with van der Waals surface area (Å²) in [5, 5.41) is 4.45. The standard InChI is InChI=1S/C20H30BrN5O2/c1-14-19(21)15(2)26(23-14)13-18(27)25-8-6-7-24(9-10-25)12-17-22-11-16(28-17)20(3,4)5/h11H,6-10,12-13H2,1-5H3. The Morgan fingerprint density at radius 2 is 1.96 bits per heavy atom. The van der Waals surface area contributed by atoms with Gasteiger partial charge in [-0.05, 0) is 36.2 Å². The Morgan fingerprint density at radius 3 is 2.57 bits per heavy atom. The van der Waals surface area contributed by atoms with Gasteiger partial charge in [0.15, 0.2) is 0 Å². The Hall–Kier alpha value is -1.67. The molecule has 2 aromatic rings. The number of rotatable bonds is 4. The van der Waals surface area contributed by atoms with E-state index in [0.717, 1.165) is 53.6 Å². The highest BCUT2D eigenvalue weighted by molar-refractivity contribution is 9.10. The Labute approximate surface area is 175 Å². The maximum absolute atomic E-state index is 12.8. The normalized spacial score (nSPS) is 16.4. The van der Waals surface area contributed by atoms with Gasteiger partial charge in [0.25, 0.3) is 0 Å². The molecule has 1 saturated heterocycles. The van der Waals surface area contributed by atoms with Crippen molar-refractivity contribution in [1.29, 1.82) is 0 Å². The number of carbonyl (C=O) groups excluding carboxylic acids is 1. The van der Waals surface area contributed by atoms with Crippen molar-refractivity contribution in [2.75, 3.05) is 26.2 Å². The van der Waals surface area contributed by atoms with Gasteiger partial charge < -0.3 is 9.32 Å². The van der Waals surface area contributed by atoms with Crippen LogP contribution in [-0.2, 0) is 23.3 Å². The molecular formula is C20H30BrN5O2. The van der Waals surface area contributed by atoms with Crippen LogP contribution in [0.1, 0.15) is 50.2 Å². The predicted octanol–water partition coefficient (Wildman–Crippen LogP) is 3.28. The lowest BCUT2D eigenvalue weighted by atomic mass is 9.94. The van der Waals surface area contributed by atoms with Crippen molar-refractivity contribution in [1.82, 2.24) is 24.6 Å². The lowest BCUT2D eigenvalue weighted by Gasteiger charge is -2.21. The molecule has 0 spiro atoms. The summed E-state index contributed by atoms with van der Waals surface area (Å²) in [4.78, 5) is 21.5. The van der Waals surface area contributed by atoms with Gasteiger partial charge in [0.1, 0.15) is 12.3 Å². The van der Waals surface area contributed by atoms with E-state index in [1.165, 1.54) is 0 Å². The van der Waals surface area contributed by atoms with E-state index in [4.69, 9.17) is 4.42 Å². The Bertz CT molecular complexity index is 836. The van der Waals surface area contributed by atoms with Gasteiger partial charge in [0.05, 0.1) is 28.6 Å². The van der Waals surface area contributed by atoms with Crippen LogP contribution in [0.4, 0.5) is 0 Å². The molecule has 1 amide bonds. The molecule has 0 aliphatic carbocycles. The average molecular weight is 452 g/mol. The number of oxazole rings is 1. The first-order valence-electron chi connectivity index (χ1n) is 9.80. The second-order valence-electron chi connectivity index (χ2n) is 8.52. The number of amides is 1. The zero-order valence-electron chi connectivity index (χ0n) is 17.5. The lowest BCUT2D eigenvalue weighted by Crippen LogP contribution is -2.37. The summed E-state index contributed by atoms with van der Waals surface area (Å²) in [6, 6.07) is 0. The molecule has 0 atom stereocenters. The third kappa shape index (κ3) is 4.84. The fourth-order valence-corrected chi connectivity index (χ4v) is 3.64. The summed E-state index contributed by atoms with van der Waals surface area (Å²) in [6.07, 6.45) is 2.77. The molecule has 0 radical (unpaired) electrons. The van der Waals surface area contributed by atoms with E-state index in [1.54, 1.807) is 4.68 Å². The number of aryl methyl sites for hydroxylation is 1. The first kappa shape index (κ1) is 21.0. The van der Waals surface area contributed by atoms with Crippen molar-refractivity contribution < 1.29 is 9.21 Å². The van der Waals surface area contributed by atoms with Crippen LogP contribution in [0.5, 0.6) is 0 Å². The van der Waals surface area contributed by atoms with Gasteiger partial charge in [-0.1, -0.05) is 20.8 Å². The van der Waals surface area contributed by atoms with Gasteiger partial charge in [-0.15, -0.1) is 0 Å². The Balaban J connectivity index is 1.56. The van der Waals surface area contributed by atoms with Crippen molar-refractivity contribution in [3.05, 3.63) is 33.7 Å².